The first-order chi connectivity index (χ1) is 16.9. The van der Waals surface area contributed by atoms with Crippen molar-refractivity contribution in [3.63, 3.8) is 0 Å². The highest BCUT2D eigenvalue weighted by atomic mass is 32.3. The lowest BCUT2D eigenvalue weighted by Gasteiger charge is -2.20. The lowest BCUT2D eigenvalue weighted by molar-refractivity contribution is -0.114. The van der Waals surface area contributed by atoms with E-state index in [-0.39, 0.29) is 44.0 Å². The van der Waals surface area contributed by atoms with Gasteiger partial charge in [-0.15, -0.1) is 5.10 Å². The van der Waals surface area contributed by atoms with Crippen LogP contribution in [0.4, 0.5) is 0 Å². The molecule has 2 heterocycles. The maximum atomic E-state index is 12.7. The largest absolute Gasteiger partial charge is 0.490 e. The monoisotopic (exact) mass is 548 g/mol. The number of benzene rings is 2. The number of thioether (sulfide) groups is 1. The SMILES string of the molecule is CCOc1cc(/C=C2/C(=N)N3N=C(S(C)(=O)=O)SC3=NC2=O)ccc1OS(=O)(=O)c1ccc(C)cc1. The molecule has 14 heteroatoms. The zero-order chi connectivity index (χ0) is 26.3. The molecule has 0 spiro atoms. The first kappa shape index (κ1) is 25.6. The molecular formula is C22H20N4O7S3. The second kappa shape index (κ2) is 9.52. The van der Waals surface area contributed by atoms with Crippen molar-refractivity contribution in [1.82, 2.24) is 5.01 Å². The summed E-state index contributed by atoms with van der Waals surface area (Å²) in [5, 5.41) is 13.2. The Hall–Kier alpha value is -3.49. The number of amides is 1. The topological polar surface area (TPSA) is 156 Å². The fraction of sp³-hybridized carbons (Fsp3) is 0.182. The number of nitrogens with zero attached hydrogens (tertiary/aromatic N) is 3. The van der Waals surface area contributed by atoms with Gasteiger partial charge in [0.15, 0.2) is 17.3 Å². The van der Waals surface area contributed by atoms with Gasteiger partial charge in [0.05, 0.1) is 12.2 Å². The minimum atomic E-state index is -4.13. The van der Waals surface area contributed by atoms with E-state index < -0.39 is 25.9 Å². The van der Waals surface area contributed by atoms with Gasteiger partial charge in [0.2, 0.25) is 19.4 Å². The lowest BCUT2D eigenvalue weighted by Crippen LogP contribution is -2.35. The molecule has 0 saturated heterocycles. The van der Waals surface area contributed by atoms with Crippen LogP contribution < -0.4 is 8.92 Å². The minimum absolute atomic E-state index is 0.0193. The number of carbonyl (C=O) groups is 1. The van der Waals surface area contributed by atoms with Crippen molar-refractivity contribution in [2.45, 2.75) is 18.7 Å². The molecule has 0 fully saturated rings. The molecule has 4 rings (SSSR count). The van der Waals surface area contributed by atoms with Crippen LogP contribution in [-0.2, 0) is 24.7 Å². The van der Waals surface area contributed by atoms with E-state index in [2.05, 4.69) is 10.1 Å². The van der Waals surface area contributed by atoms with Gasteiger partial charge in [-0.25, -0.2) is 8.42 Å². The quantitative estimate of drug-likeness (QED) is 0.424. The molecule has 36 heavy (non-hydrogen) atoms. The number of fused-ring (bicyclic) bond motifs is 1. The summed E-state index contributed by atoms with van der Waals surface area (Å²) in [4.78, 5) is 16.4. The number of amidine groups is 2. The van der Waals surface area contributed by atoms with Gasteiger partial charge in [0.25, 0.3) is 5.91 Å². The van der Waals surface area contributed by atoms with Crippen LogP contribution in [0.3, 0.4) is 0 Å². The van der Waals surface area contributed by atoms with Crippen molar-refractivity contribution in [2.75, 3.05) is 12.9 Å². The van der Waals surface area contributed by atoms with Crippen molar-refractivity contribution in [3.05, 3.63) is 59.2 Å². The van der Waals surface area contributed by atoms with E-state index in [0.717, 1.165) is 16.8 Å². The molecule has 2 aromatic rings. The van der Waals surface area contributed by atoms with Gasteiger partial charge in [-0.1, -0.05) is 23.8 Å². The van der Waals surface area contributed by atoms with Crippen LogP contribution in [0.15, 0.2) is 63.0 Å². The van der Waals surface area contributed by atoms with Gasteiger partial charge < -0.3 is 8.92 Å². The third-order valence-electron chi connectivity index (χ3n) is 4.84. The molecule has 2 aliphatic heterocycles. The predicted molar refractivity (Wildman–Crippen MR) is 136 cm³/mol. The van der Waals surface area contributed by atoms with E-state index in [4.69, 9.17) is 14.3 Å². The smallest absolute Gasteiger partial charge is 0.339 e. The zero-order valence-electron chi connectivity index (χ0n) is 19.3. The summed E-state index contributed by atoms with van der Waals surface area (Å²) >= 11 is 0.688. The third-order valence-corrected chi connectivity index (χ3v) is 8.67. The molecule has 188 valence electrons. The van der Waals surface area contributed by atoms with Gasteiger partial charge in [-0.05, 0) is 61.5 Å². The Labute approximate surface area is 212 Å². The van der Waals surface area contributed by atoms with Gasteiger partial charge in [0.1, 0.15) is 4.90 Å². The summed E-state index contributed by atoms with van der Waals surface area (Å²) in [6, 6.07) is 10.5. The molecule has 2 aliphatic rings. The first-order valence-corrected chi connectivity index (χ1v) is 14.5. The molecule has 0 atom stereocenters. The van der Waals surface area contributed by atoms with E-state index in [1.54, 1.807) is 19.1 Å². The van der Waals surface area contributed by atoms with E-state index >= 15 is 0 Å². The lowest BCUT2D eigenvalue weighted by atomic mass is 10.1. The predicted octanol–water partition coefficient (Wildman–Crippen LogP) is 2.78. The number of aliphatic imine (C=N–C) groups is 1. The van der Waals surface area contributed by atoms with Crippen molar-refractivity contribution in [1.29, 1.82) is 5.41 Å². The molecular weight excluding hydrogens is 528 g/mol. The summed E-state index contributed by atoms with van der Waals surface area (Å²) in [5.74, 6) is -1.04. The van der Waals surface area contributed by atoms with Crippen LogP contribution in [0.1, 0.15) is 18.1 Å². The Morgan fingerprint density at radius 2 is 1.78 bits per heavy atom. The average molecular weight is 549 g/mol. The van der Waals surface area contributed by atoms with Crippen molar-refractivity contribution in [2.24, 2.45) is 10.1 Å². The second-order valence-corrected chi connectivity index (χ2v) is 12.3. The molecule has 0 unspecified atom stereocenters. The number of carbonyl (C=O) groups excluding carboxylic acids is 1. The Balaban J connectivity index is 1.66. The molecule has 0 aromatic heterocycles. The van der Waals surface area contributed by atoms with Crippen LogP contribution in [0.5, 0.6) is 11.5 Å². The Morgan fingerprint density at radius 1 is 1.08 bits per heavy atom. The highest BCUT2D eigenvalue weighted by Crippen LogP contribution is 2.34. The van der Waals surface area contributed by atoms with E-state index in [9.17, 15) is 21.6 Å². The van der Waals surface area contributed by atoms with E-state index in [0.29, 0.717) is 17.3 Å². The minimum Gasteiger partial charge on any atom is -0.490 e. The summed E-state index contributed by atoms with van der Waals surface area (Å²) in [6.45, 7) is 3.75. The highest BCUT2D eigenvalue weighted by Gasteiger charge is 2.38. The molecule has 0 aliphatic carbocycles. The number of aryl methyl sites for hydroxylation is 1. The van der Waals surface area contributed by atoms with Crippen LogP contribution in [0.25, 0.3) is 6.08 Å². The average Bonchev–Trinajstić information content (AvgIpc) is 3.23. The number of rotatable bonds is 6. The fourth-order valence-corrected chi connectivity index (χ4v) is 5.74. The van der Waals surface area contributed by atoms with Crippen molar-refractivity contribution in [3.8, 4) is 11.5 Å². The second-order valence-electron chi connectivity index (χ2n) is 7.65. The normalized spacial score (nSPS) is 17.1. The first-order valence-electron chi connectivity index (χ1n) is 10.4. The van der Waals surface area contributed by atoms with Crippen LogP contribution in [-0.4, -0.2) is 56.0 Å². The van der Waals surface area contributed by atoms with Crippen molar-refractivity contribution < 1.29 is 30.6 Å². The standard InChI is InChI=1S/C22H20N4O7S3/c1-4-32-18-12-14(7-10-17(18)33-36(30,31)15-8-5-13(2)6-9-15)11-16-19(23)26-21(24-20(16)27)34-22(25-26)35(3,28)29/h5-12,23H,4H2,1-3H3/b16-11-,23-19?. The summed E-state index contributed by atoms with van der Waals surface area (Å²) in [5.41, 5.74) is 1.15. The Morgan fingerprint density at radius 3 is 2.42 bits per heavy atom. The summed E-state index contributed by atoms with van der Waals surface area (Å²) in [6.07, 6.45) is 2.32. The molecule has 0 saturated carbocycles. The summed E-state index contributed by atoms with van der Waals surface area (Å²) in [7, 11) is -7.78. The molecule has 0 bridgehead atoms. The number of ether oxygens (including phenoxy) is 1. The van der Waals surface area contributed by atoms with Crippen LogP contribution in [0, 0.1) is 12.3 Å². The molecule has 0 radical (unpaired) electrons. The maximum absolute atomic E-state index is 12.7. The molecule has 11 nitrogen and oxygen atoms in total. The van der Waals surface area contributed by atoms with Gasteiger partial charge in [-0.2, -0.15) is 18.4 Å². The van der Waals surface area contributed by atoms with Gasteiger partial charge >= 0.3 is 10.1 Å². The van der Waals surface area contributed by atoms with Crippen LogP contribution >= 0.6 is 11.8 Å². The zero-order valence-corrected chi connectivity index (χ0v) is 21.7. The number of hydrogen-bond acceptors (Lipinski definition) is 10. The Bertz CT molecular complexity index is 1580. The summed E-state index contributed by atoms with van der Waals surface area (Å²) < 4.78 is 59.6. The number of hydrazone groups is 1. The Kier molecular flexibility index (Phi) is 6.77. The van der Waals surface area contributed by atoms with E-state index in [1.165, 1.54) is 36.4 Å². The number of nitrogens with one attached hydrogen (secondary N) is 1. The van der Waals surface area contributed by atoms with Crippen molar-refractivity contribution >= 4 is 59.1 Å². The van der Waals surface area contributed by atoms with Gasteiger partial charge in [-0.3, -0.25) is 10.2 Å². The van der Waals surface area contributed by atoms with Gasteiger partial charge in [0, 0.05) is 6.26 Å². The fourth-order valence-electron chi connectivity index (χ4n) is 3.11. The van der Waals surface area contributed by atoms with E-state index in [1.807, 2.05) is 6.92 Å². The van der Waals surface area contributed by atoms with Crippen LogP contribution in [0.2, 0.25) is 0 Å². The third kappa shape index (κ3) is 5.20. The number of hydrogen-bond donors (Lipinski definition) is 1. The molecule has 1 N–H and O–H groups in total. The maximum Gasteiger partial charge on any atom is 0.339 e. The molecule has 1 amide bonds. The molecule has 2 aromatic carbocycles. The number of sulfone groups is 1. The highest BCUT2D eigenvalue weighted by molar-refractivity contribution is 8.42.